The van der Waals surface area contributed by atoms with Crippen molar-refractivity contribution in [2.24, 2.45) is 5.41 Å². The van der Waals surface area contributed by atoms with Gasteiger partial charge in [-0.1, -0.05) is 26.8 Å². The number of carbonyl (C=O) groups excluding carboxylic acids is 1. The maximum Gasteiger partial charge on any atom is 0.319 e. The van der Waals surface area contributed by atoms with E-state index in [0.29, 0.717) is 11.2 Å². The Balaban J connectivity index is 1.73. The van der Waals surface area contributed by atoms with Gasteiger partial charge in [0.1, 0.15) is 11.0 Å². The lowest BCUT2D eigenvalue weighted by Gasteiger charge is -2.27. The maximum atomic E-state index is 12.5. The Morgan fingerprint density at radius 3 is 2.72 bits per heavy atom. The van der Waals surface area contributed by atoms with Crippen LogP contribution in [-0.4, -0.2) is 26.4 Å². The first kappa shape index (κ1) is 16.9. The topological polar surface area (TPSA) is 95.6 Å². The number of H-pyrrole nitrogens is 1. The third-order valence-corrected chi connectivity index (χ3v) is 3.78. The number of pyridine rings is 1. The first-order valence-electron chi connectivity index (χ1n) is 8.19. The molecule has 0 aliphatic rings. The number of anilines is 1. The molecule has 1 aromatic carbocycles. The van der Waals surface area contributed by atoms with Crippen LogP contribution in [0.4, 0.5) is 10.5 Å². The standard InChI is InChI=1S/C18H22N6O/c1-18(2,3)10-16(12-5-4-8-19-11-12)21-17(25)20-13-6-7-14-15(9-13)23-24-22-14/h4-9,11,16H,10H2,1-3H3,(H2,20,21,25)(H,22,23,24)/t16-/m0/s1. The van der Waals surface area contributed by atoms with Crippen molar-refractivity contribution in [2.45, 2.75) is 33.2 Å². The lowest BCUT2D eigenvalue weighted by atomic mass is 9.86. The van der Waals surface area contributed by atoms with Crippen LogP contribution in [0.2, 0.25) is 0 Å². The molecule has 25 heavy (non-hydrogen) atoms. The van der Waals surface area contributed by atoms with Gasteiger partial charge < -0.3 is 10.6 Å². The zero-order valence-corrected chi connectivity index (χ0v) is 14.6. The summed E-state index contributed by atoms with van der Waals surface area (Å²) in [6, 6.07) is 8.86. The molecule has 0 aliphatic heterocycles. The molecule has 7 heteroatoms. The van der Waals surface area contributed by atoms with Gasteiger partial charge >= 0.3 is 6.03 Å². The number of benzene rings is 1. The number of hydrogen-bond donors (Lipinski definition) is 3. The number of rotatable bonds is 4. The van der Waals surface area contributed by atoms with Crippen molar-refractivity contribution in [3.8, 4) is 0 Å². The zero-order valence-electron chi connectivity index (χ0n) is 14.6. The van der Waals surface area contributed by atoms with E-state index in [1.807, 2.05) is 18.2 Å². The Morgan fingerprint density at radius 1 is 1.20 bits per heavy atom. The van der Waals surface area contributed by atoms with E-state index in [-0.39, 0.29) is 17.5 Å². The molecule has 3 N–H and O–H groups in total. The van der Waals surface area contributed by atoms with E-state index in [0.717, 1.165) is 17.5 Å². The van der Waals surface area contributed by atoms with Crippen LogP contribution >= 0.6 is 0 Å². The lowest BCUT2D eigenvalue weighted by Crippen LogP contribution is -2.34. The van der Waals surface area contributed by atoms with Gasteiger partial charge in [0.15, 0.2) is 0 Å². The molecule has 0 aliphatic carbocycles. The molecule has 2 heterocycles. The average Bonchev–Trinajstić information content (AvgIpc) is 3.01. The third-order valence-electron chi connectivity index (χ3n) is 3.78. The minimum Gasteiger partial charge on any atom is -0.331 e. The molecule has 0 unspecified atom stereocenters. The highest BCUT2D eigenvalue weighted by Crippen LogP contribution is 2.29. The van der Waals surface area contributed by atoms with Crippen molar-refractivity contribution < 1.29 is 4.79 Å². The smallest absolute Gasteiger partial charge is 0.319 e. The molecule has 2 amide bonds. The zero-order chi connectivity index (χ0) is 17.9. The fourth-order valence-electron chi connectivity index (χ4n) is 2.69. The van der Waals surface area contributed by atoms with Crippen molar-refractivity contribution in [1.29, 1.82) is 0 Å². The van der Waals surface area contributed by atoms with Crippen LogP contribution in [0.5, 0.6) is 0 Å². The molecule has 130 valence electrons. The number of fused-ring (bicyclic) bond motifs is 1. The Labute approximate surface area is 146 Å². The predicted octanol–water partition coefficient (Wildman–Crippen LogP) is 3.65. The van der Waals surface area contributed by atoms with Crippen molar-refractivity contribution in [3.63, 3.8) is 0 Å². The van der Waals surface area contributed by atoms with Crippen LogP contribution in [-0.2, 0) is 0 Å². The number of aromatic amines is 1. The monoisotopic (exact) mass is 338 g/mol. The Kier molecular flexibility index (Phi) is 4.65. The molecule has 0 saturated carbocycles. The fraction of sp³-hybridized carbons (Fsp3) is 0.333. The maximum absolute atomic E-state index is 12.5. The molecule has 2 aromatic heterocycles. The van der Waals surface area contributed by atoms with Gasteiger partial charge in [-0.3, -0.25) is 4.98 Å². The summed E-state index contributed by atoms with van der Waals surface area (Å²) in [7, 11) is 0. The van der Waals surface area contributed by atoms with Crippen molar-refractivity contribution in [1.82, 2.24) is 25.7 Å². The van der Waals surface area contributed by atoms with Crippen LogP contribution in [0.1, 0.15) is 38.8 Å². The van der Waals surface area contributed by atoms with E-state index < -0.39 is 0 Å². The highest BCUT2D eigenvalue weighted by molar-refractivity contribution is 5.91. The molecular weight excluding hydrogens is 316 g/mol. The molecule has 0 bridgehead atoms. The van der Waals surface area contributed by atoms with E-state index in [1.165, 1.54) is 0 Å². The second-order valence-corrected chi connectivity index (χ2v) is 7.23. The van der Waals surface area contributed by atoms with Crippen LogP contribution < -0.4 is 10.6 Å². The van der Waals surface area contributed by atoms with E-state index in [4.69, 9.17) is 0 Å². The summed E-state index contributed by atoms with van der Waals surface area (Å²) in [6.07, 6.45) is 4.32. The summed E-state index contributed by atoms with van der Waals surface area (Å²) in [5.74, 6) is 0. The fourth-order valence-corrected chi connectivity index (χ4v) is 2.69. The minimum absolute atomic E-state index is 0.0629. The second kappa shape index (κ2) is 6.88. The molecule has 1 atom stereocenters. The SMILES string of the molecule is CC(C)(C)C[C@H](NC(=O)Nc1ccc2n[nH]nc2c1)c1cccnc1. The molecule has 0 fully saturated rings. The molecular formula is C18H22N6O. The summed E-state index contributed by atoms with van der Waals surface area (Å²) >= 11 is 0. The lowest BCUT2D eigenvalue weighted by molar-refractivity contribution is 0.241. The van der Waals surface area contributed by atoms with Crippen molar-refractivity contribution in [2.75, 3.05) is 5.32 Å². The molecule has 0 saturated heterocycles. The summed E-state index contributed by atoms with van der Waals surface area (Å²) in [4.78, 5) is 16.6. The highest BCUT2D eigenvalue weighted by Gasteiger charge is 2.22. The number of nitrogens with zero attached hydrogens (tertiary/aromatic N) is 3. The molecule has 3 aromatic rings. The summed E-state index contributed by atoms with van der Waals surface area (Å²) in [5.41, 5.74) is 3.18. The molecule has 3 rings (SSSR count). The summed E-state index contributed by atoms with van der Waals surface area (Å²) < 4.78 is 0. The van der Waals surface area contributed by atoms with Crippen LogP contribution in [0, 0.1) is 5.41 Å². The summed E-state index contributed by atoms with van der Waals surface area (Å²) in [5, 5.41) is 16.5. The Hall–Kier alpha value is -2.96. The van der Waals surface area contributed by atoms with Gasteiger partial charge in [-0.15, -0.1) is 0 Å². The quantitative estimate of drug-likeness (QED) is 0.676. The number of nitrogens with one attached hydrogen (secondary N) is 3. The first-order valence-corrected chi connectivity index (χ1v) is 8.19. The van der Waals surface area contributed by atoms with Gasteiger partial charge in [0, 0.05) is 18.1 Å². The van der Waals surface area contributed by atoms with Gasteiger partial charge in [0.25, 0.3) is 0 Å². The van der Waals surface area contributed by atoms with Gasteiger partial charge in [-0.2, -0.15) is 15.4 Å². The number of amides is 2. The van der Waals surface area contributed by atoms with E-state index in [2.05, 4.69) is 51.8 Å². The molecule has 0 spiro atoms. The number of carbonyl (C=O) groups is 1. The van der Waals surface area contributed by atoms with Crippen molar-refractivity contribution >= 4 is 22.8 Å². The third kappa shape index (κ3) is 4.53. The average molecular weight is 338 g/mol. The van der Waals surface area contributed by atoms with Gasteiger partial charge in [0.05, 0.1) is 6.04 Å². The van der Waals surface area contributed by atoms with Crippen molar-refractivity contribution in [3.05, 3.63) is 48.3 Å². The first-order chi connectivity index (χ1) is 11.9. The number of aromatic nitrogens is 4. The largest absolute Gasteiger partial charge is 0.331 e. The van der Waals surface area contributed by atoms with Crippen LogP contribution in [0.3, 0.4) is 0 Å². The number of hydrogen-bond acceptors (Lipinski definition) is 4. The molecule has 0 radical (unpaired) electrons. The van der Waals surface area contributed by atoms with Crippen LogP contribution in [0.15, 0.2) is 42.7 Å². The Bertz CT molecular complexity index is 853. The second-order valence-electron chi connectivity index (χ2n) is 7.23. The highest BCUT2D eigenvalue weighted by atomic mass is 16.2. The number of urea groups is 1. The minimum atomic E-state index is -0.263. The molecule has 7 nitrogen and oxygen atoms in total. The van der Waals surface area contributed by atoms with E-state index in [9.17, 15) is 4.79 Å². The van der Waals surface area contributed by atoms with Gasteiger partial charge in [-0.05, 0) is 41.7 Å². The van der Waals surface area contributed by atoms with Crippen LogP contribution in [0.25, 0.3) is 11.0 Å². The van der Waals surface area contributed by atoms with Gasteiger partial charge in [0.2, 0.25) is 0 Å². The van der Waals surface area contributed by atoms with Gasteiger partial charge in [-0.25, -0.2) is 4.79 Å². The normalized spacial score (nSPS) is 12.8. The van der Waals surface area contributed by atoms with E-state index >= 15 is 0 Å². The predicted molar refractivity (Wildman–Crippen MR) is 97.1 cm³/mol. The van der Waals surface area contributed by atoms with E-state index in [1.54, 1.807) is 24.5 Å². The Morgan fingerprint density at radius 2 is 2.00 bits per heavy atom. The summed E-state index contributed by atoms with van der Waals surface area (Å²) in [6.45, 7) is 6.44.